The summed E-state index contributed by atoms with van der Waals surface area (Å²) in [6.07, 6.45) is 0.897. The lowest BCUT2D eigenvalue weighted by molar-refractivity contribution is 0.0977. The van der Waals surface area contributed by atoms with Crippen molar-refractivity contribution in [1.82, 2.24) is 5.32 Å². The molecule has 0 saturated carbocycles. The highest BCUT2D eigenvalue weighted by Gasteiger charge is 2.09. The van der Waals surface area contributed by atoms with Crippen molar-refractivity contribution in [2.75, 3.05) is 11.9 Å². The van der Waals surface area contributed by atoms with E-state index in [2.05, 4.69) is 10.6 Å². The summed E-state index contributed by atoms with van der Waals surface area (Å²) >= 11 is 16.9. The number of benzene rings is 2. The van der Waals surface area contributed by atoms with Crippen molar-refractivity contribution < 1.29 is 9.53 Å². The smallest absolute Gasteiger partial charge is 0.257 e. The maximum atomic E-state index is 12.3. The van der Waals surface area contributed by atoms with Crippen LogP contribution in [0.3, 0.4) is 0 Å². The fraction of sp³-hybridized carbons (Fsp3) is 0.176. The number of halogens is 2. The van der Waals surface area contributed by atoms with Gasteiger partial charge in [-0.3, -0.25) is 10.1 Å². The maximum absolute atomic E-state index is 12.3. The molecule has 4 nitrogen and oxygen atoms in total. The third-order valence-corrected chi connectivity index (χ3v) is 3.92. The number of thiocarbonyl (C=S) groups is 1. The van der Waals surface area contributed by atoms with E-state index in [-0.39, 0.29) is 11.0 Å². The van der Waals surface area contributed by atoms with Crippen molar-refractivity contribution >= 4 is 52.1 Å². The zero-order valence-corrected chi connectivity index (χ0v) is 15.3. The molecule has 0 bridgehead atoms. The van der Waals surface area contributed by atoms with Gasteiger partial charge in [0.15, 0.2) is 5.11 Å². The van der Waals surface area contributed by atoms with E-state index in [1.54, 1.807) is 42.5 Å². The normalized spacial score (nSPS) is 10.1. The Morgan fingerprint density at radius 3 is 2.67 bits per heavy atom. The lowest BCUT2D eigenvalue weighted by atomic mass is 10.2. The Balaban J connectivity index is 1.98. The summed E-state index contributed by atoms with van der Waals surface area (Å²) in [6, 6.07) is 11.9. The van der Waals surface area contributed by atoms with Gasteiger partial charge in [-0.25, -0.2) is 0 Å². The first-order chi connectivity index (χ1) is 11.5. The van der Waals surface area contributed by atoms with Crippen LogP contribution in [0.15, 0.2) is 42.5 Å². The van der Waals surface area contributed by atoms with Gasteiger partial charge < -0.3 is 10.1 Å². The number of rotatable bonds is 5. The van der Waals surface area contributed by atoms with E-state index < -0.39 is 0 Å². The van der Waals surface area contributed by atoms with E-state index in [0.717, 1.165) is 6.42 Å². The van der Waals surface area contributed by atoms with E-state index in [1.807, 2.05) is 6.92 Å². The topological polar surface area (TPSA) is 50.4 Å². The minimum Gasteiger partial charge on any atom is -0.494 e. The van der Waals surface area contributed by atoms with Crippen molar-refractivity contribution in [3.05, 3.63) is 58.1 Å². The predicted molar refractivity (Wildman–Crippen MR) is 102 cm³/mol. The molecule has 0 aliphatic rings. The van der Waals surface area contributed by atoms with Crippen LogP contribution in [0.1, 0.15) is 23.7 Å². The fourth-order valence-corrected chi connectivity index (χ4v) is 2.37. The van der Waals surface area contributed by atoms with Crippen molar-refractivity contribution in [2.45, 2.75) is 13.3 Å². The van der Waals surface area contributed by atoms with Gasteiger partial charge in [0.1, 0.15) is 5.75 Å². The monoisotopic (exact) mass is 382 g/mol. The Bertz CT molecular complexity index is 753. The molecule has 0 aliphatic carbocycles. The van der Waals surface area contributed by atoms with Gasteiger partial charge in [0.25, 0.3) is 5.91 Å². The van der Waals surface area contributed by atoms with E-state index in [9.17, 15) is 4.79 Å². The molecule has 0 atom stereocenters. The highest BCUT2D eigenvalue weighted by Crippen LogP contribution is 2.24. The van der Waals surface area contributed by atoms with Gasteiger partial charge in [0.05, 0.1) is 16.7 Å². The first kappa shape index (κ1) is 18.5. The average molecular weight is 383 g/mol. The van der Waals surface area contributed by atoms with Crippen LogP contribution in [0.2, 0.25) is 10.0 Å². The number of nitrogens with one attached hydrogen (secondary N) is 2. The van der Waals surface area contributed by atoms with Gasteiger partial charge in [-0.1, -0.05) is 36.2 Å². The molecule has 7 heteroatoms. The molecule has 0 heterocycles. The summed E-state index contributed by atoms with van der Waals surface area (Å²) in [6.45, 7) is 2.62. The SMILES string of the molecule is CCCOc1cccc(C(=O)NC(=S)Nc2ccc(Cl)c(Cl)c2)c1. The Kier molecular flexibility index (Phi) is 6.85. The van der Waals surface area contributed by atoms with Crippen molar-refractivity contribution in [3.8, 4) is 5.75 Å². The van der Waals surface area contributed by atoms with E-state index >= 15 is 0 Å². The van der Waals surface area contributed by atoms with Gasteiger partial charge in [-0.05, 0) is 55.0 Å². The summed E-state index contributed by atoms with van der Waals surface area (Å²) in [5.74, 6) is 0.322. The standard InChI is InChI=1S/C17H16Cl2N2O2S/c1-2-8-23-13-5-3-4-11(9-13)16(22)21-17(24)20-12-6-7-14(18)15(19)10-12/h3-7,9-10H,2,8H2,1H3,(H2,20,21,22,24). The van der Waals surface area contributed by atoms with E-state index in [0.29, 0.717) is 33.7 Å². The fourth-order valence-electron chi connectivity index (χ4n) is 1.86. The highest BCUT2D eigenvalue weighted by atomic mass is 35.5. The third-order valence-electron chi connectivity index (χ3n) is 2.97. The number of amides is 1. The predicted octanol–water partition coefficient (Wildman–Crippen LogP) is 4.91. The minimum atomic E-state index is -0.325. The molecule has 24 heavy (non-hydrogen) atoms. The van der Waals surface area contributed by atoms with Gasteiger partial charge in [0, 0.05) is 11.3 Å². The Morgan fingerprint density at radius 1 is 1.17 bits per heavy atom. The quantitative estimate of drug-likeness (QED) is 0.721. The lowest BCUT2D eigenvalue weighted by Gasteiger charge is -2.11. The molecule has 2 rings (SSSR count). The summed E-state index contributed by atoms with van der Waals surface area (Å²) < 4.78 is 5.52. The molecule has 0 unspecified atom stereocenters. The van der Waals surface area contributed by atoms with Gasteiger partial charge in [0.2, 0.25) is 0 Å². The Morgan fingerprint density at radius 2 is 1.96 bits per heavy atom. The largest absolute Gasteiger partial charge is 0.494 e. The molecule has 0 radical (unpaired) electrons. The molecule has 2 N–H and O–H groups in total. The molecule has 1 amide bonds. The molecule has 0 aromatic heterocycles. The third kappa shape index (κ3) is 5.37. The van der Waals surface area contributed by atoms with Gasteiger partial charge in [-0.2, -0.15) is 0 Å². The van der Waals surface area contributed by atoms with Crippen LogP contribution in [-0.2, 0) is 0 Å². The van der Waals surface area contributed by atoms with Crippen LogP contribution in [0.5, 0.6) is 5.75 Å². The second kappa shape index (κ2) is 8.87. The Hall–Kier alpha value is -1.82. The minimum absolute atomic E-state index is 0.165. The van der Waals surface area contributed by atoms with E-state index in [1.165, 1.54) is 0 Å². The number of hydrogen-bond acceptors (Lipinski definition) is 3. The maximum Gasteiger partial charge on any atom is 0.257 e. The van der Waals surface area contributed by atoms with Crippen LogP contribution in [0, 0.1) is 0 Å². The molecule has 0 fully saturated rings. The van der Waals surface area contributed by atoms with Crippen LogP contribution >= 0.6 is 35.4 Å². The lowest BCUT2D eigenvalue weighted by Crippen LogP contribution is -2.34. The van der Waals surface area contributed by atoms with Crippen molar-refractivity contribution in [3.63, 3.8) is 0 Å². The zero-order valence-electron chi connectivity index (χ0n) is 12.9. The molecule has 2 aromatic rings. The summed E-state index contributed by atoms with van der Waals surface area (Å²) in [4.78, 5) is 12.3. The number of hydrogen-bond donors (Lipinski definition) is 2. The summed E-state index contributed by atoms with van der Waals surface area (Å²) in [5, 5.41) is 6.51. The Labute approximate surface area is 156 Å². The zero-order chi connectivity index (χ0) is 17.5. The van der Waals surface area contributed by atoms with Crippen LogP contribution < -0.4 is 15.4 Å². The number of anilines is 1. The van der Waals surface area contributed by atoms with Gasteiger partial charge in [-0.15, -0.1) is 0 Å². The molecule has 2 aromatic carbocycles. The molecule has 126 valence electrons. The first-order valence-corrected chi connectivity index (χ1v) is 8.46. The highest BCUT2D eigenvalue weighted by molar-refractivity contribution is 7.80. The average Bonchev–Trinajstić information content (AvgIpc) is 2.56. The molecule has 0 aliphatic heterocycles. The second-order valence-corrected chi connectivity index (χ2v) is 6.14. The summed E-state index contributed by atoms with van der Waals surface area (Å²) in [7, 11) is 0. The van der Waals surface area contributed by atoms with Crippen molar-refractivity contribution in [1.29, 1.82) is 0 Å². The van der Waals surface area contributed by atoms with Crippen LogP contribution in [-0.4, -0.2) is 17.6 Å². The van der Waals surface area contributed by atoms with Crippen molar-refractivity contribution in [2.24, 2.45) is 0 Å². The molecule has 0 spiro atoms. The number of carbonyl (C=O) groups is 1. The molecular formula is C17H16Cl2N2O2S. The second-order valence-electron chi connectivity index (χ2n) is 4.91. The molecular weight excluding hydrogens is 367 g/mol. The van der Waals surface area contributed by atoms with Crippen LogP contribution in [0.25, 0.3) is 0 Å². The number of carbonyl (C=O) groups excluding carboxylic acids is 1. The van der Waals surface area contributed by atoms with Crippen LogP contribution in [0.4, 0.5) is 5.69 Å². The van der Waals surface area contributed by atoms with E-state index in [4.69, 9.17) is 40.2 Å². The number of ether oxygens (including phenoxy) is 1. The first-order valence-electron chi connectivity index (χ1n) is 7.30. The van der Waals surface area contributed by atoms with Gasteiger partial charge >= 0.3 is 0 Å². The molecule has 0 saturated heterocycles. The summed E-state index contributed by atoms with van der Waals surface area (Å²) in [5.41, 5.74) is 1.09.